The molecular weight excluding hydrogens is 266 g/mol. The van der Waals surface area contributed by atoms with Crippen LogP contribution in [0.25, 0.3) is 0 Å². The average Bonchev–Trinajstić information content (AvgIpc) is 2.42. The molecular formula is C12H11N3O5. The van der Waals surface area contributed by atoms with Gasteiger partial charge in [0.15, 0.2) is 0 Å². The number of anilines is 1. The van der Waals surface area contributed by atoms with E-state index in [1.807, 2.05) is 0 Å². The number of nitro groups is 2. The van der Waals surface area contributed by atoms with Gasteiger partial charge in [-0.2, -0.15) is 0 Å². The number of allylic oxidation sites excluding steroid dienone is 3. The van der Waals surface area contributed by atoms with Gasteiger partial charge in [0.05, 0.1) is 15.9 Å². The topological polar surface area (TPSA) is 115 Å². The van der Waals surface area contributed by atoms with Gasteiger partial charge >= 0.3 is 0 Å². The molecule has 0 spiro atoms. The molecule has 8 heteroatoms. The molecule has 0 unspecified atom stereocenters. The summed E-state index contributed by atoms with van der Waals surface area (Å²) < 4.78 is 0. The molecule has 0 aliphatic heterocycles. The van der Waals surface area contributed by atoms with E-state index in [-0.39, 0.29) is 11.4 Å². The van der Waals surface area contributed by atoms with E-state index in [1.165, 1.54) is 24.4 Å². The van der Waals surface area contributed by atoms with Crippen molar-refractivity contribution in [1.82, 2.24) is 0 Å². The third-order valence-corrected chi connectivity index (χ3v) is 2.27. The van der Waals surface area contributed by atoms with Crippen molar-refractivity contribution in [3.8, 4) is 0 Å². The van der Waals surface area contributed by atoms with Crippen molar-refractivity contribution in [2.75, 3.05) is 5.32 Å². The quantitative estimate of drug-likeness (QED) is 0.281. The summed E-state index contributed by atoms with van der Waals surface area (Å²) in [4.78, 5) is 30.3. The number of hydrogen-bond donors (Lipinski definition) is 1. The second-order valence-electron chi connectivity index (χ2n) is 3.75. The van der Waals surface area contributed by atoms with Gasteiger partial charge in [0, 0.05) is 12.3 Å². The lowest BCUT2D eigenvalue weighted by Gasteiger charge is -2.01. The predicted molar refractivity (Wildman–Crippen MR) is 72.3 cm³/mol. The molecule has 1 aromatic rings. The number of carbonyl (C=O) groups is 1. The monoisotopic (exact) mass is 277 g/mol. The molecule has 0 amide bonds. The lowest BCUT2D eigenvalue weighted by molar-refractivity contribution is -0.393. The zero-order valence-corrected chi connectivity index (χ0v) is 10.5. The molecule has 0 saturated heterocycles. The first-order chi connectivity index (χ1) is 9.45. The fraction of sp³-hybridized carbons (Fsp3) is 0.0833. The van der Waals surface area contributed by atoms with Gasteiger partial charge in [-0.1, -0.05) is 6.08 Å². The van der Waals surface area contributed by atoms with Gasteiger partial charge in [-0.25, -0.2) is 0 Å². The Morgan fingerprint density at radius 2 is 1.95 bits per heavy atom. The SMILES string of the molecule is C/C(C=O)=C\C=C\Nc1ccc([N+](=O)[O-])cc1[N+](=O)[O-]. The van der Waals surface area contributed by atoms with E-state index in [9.17, 15) is 25.0 Å². The fourth-order valence-corrected chi connectivity index (χ4v) is 1.28. The summed E-state index contributed by atoms with van der Waals surface area (Å²) in [6.07, 6.45) is 5.06. The van der Waals surface area contributed by atoms with Crippen LogP contribution in [0.2, 0.25) is 0 Å². The molecule has 0 heterocycles. The van der Waals surface area contributed by atoms with E-state index in [1.54, 1.807) is 6.92 Å². The third kappa shape index (κ3) is 4.02. The van der Waals surface area contributed by atoms with E-state index < -0.39 is 15.5 Å². The molecule has 0 aliphatic rings. The van der Waals surface area contributed by atoms with Crippen LogP contribution in [0.4, 0.5) is 17.1 Å². The van der Waals surface area contributed by atoms with Crippen LogP contribution in [0.1, 0.15) is 6.92 Å². The smallest absolute Gasteiger partial charge is 0.299 e. The van der Waals surface area contributed by atoms with Crippen molar-refractivity contribution < 1.29 is 14.6 Å². The number of carbonyl (C=O) groups excluding carboxylic acids is 1. The Labute approximate surface area is 113 Å². The number of rotatable bonds is 6. The van der Waals surface area contributed by atoms with Crippen LogP contribution in [0.3, 0.4) is 0 Å². The maximum atomic E-state index is 10.8. The molecule has 8 nitrogen and oxygen atoms in total. The summed E-state index contributed by atoms with van der Waals surface area (Å²) in [5.41, 5.74) is -0.155. The van der Waals surface area contributed by atoms with Gasteiger partial charge in [0.25, 0.3) is 11.4 Å². The number of nitrogens with zero attached hydrogens (tertiary/aromatic N) is 2. The number of non-ortho nitro benzene ring substituents is 1. The summed E-state index contributed by atoms with van der Waals surface area (Å²) >= 11 is 0. The first kappa shape index (κ1) is 15.0. The van der Waals surface area contributed by atoms with Crippen LogP contribution in [-0.2, 0) is 4.79 Å². The second kappa shape index (κ2) is 6.78. The number of hydrogen-bond acceptors (Lipinski definition) is 6. The van der Waals surface area contributed by atoms with Crippen LogP contribution >= 0.6 is 0 Å². The lowest BCUT2D eigenvalue weighted by Crippen LogP contribution is -1.97. The van der Waals surface area contributed by atoms with E-state index in [4.69, 9.17) is 0 Å². The Morgan fingerprint density at radius 1 is 1.25 bits per heavy atom. The van der Waals surface area contributed by atoms with Gasteiger partial charge in [-0.3, -0.25) is 25.0 Å². The van der Waals surface area contributed by atoms with Crippen LogP contribution in [0.5, 0.6) is 0 Å². The summed E-state index contributed by atoms with van der Waals surface area (Å²) in [5.74, 6) is 0. The van der Waals surface area contributed by atoms with Crippen molar-refractivity contribution >= 4 is 23.3 Å². The first-order valence-electron chi connectivity index (χ1n) is 5.43. The highest BCUT2D eigenvalue weighted by Gasteiger charge is 2.18. The van der Waals surface area contributed by atoms with E-state index in [2.05, 4.69) is 5.32 Å². The predicted octanol–water partition coefficient (Wildman–Crippen LogP) is 2.57. The number of nitrogens with one attached hydrogen (secondary N) is 1. The highest BCUT2D eigenvalue weighted by Crippen LogP contribution is 2.28. The minimum absolute atomic E-state index is 0.119. The largest absolute Gasteiger partial charge is 0.356 e. The Bertz CT molecular complexity index is 607. The zero-order chi connectivity index (χ0) is 15.1. The Balaban J connectivity index is 2.98. The molecule has 1 rings (SSSR count). The molecule has 1 aromatic carbocycles. The number of nitro benzene ring substituents is 2. The summed E-state index contributed by atoms with van der Waals surface area (Å²) in [6, 6.07) is 3.29. The van der Waals surface area contributed by atoms with Crippen molar-refractivity contribution in [2.24, 2.45) is 0 Å². The molecule has 0 radical (unpaired) electrons. The molecule has 0 fully saturated rings. The minimum Gasteiger partial charge on any atom is -0.356 e. The molecule has 0 atom stereocenters. The summed E-state index contributed by atoms with van der Waals surface area (Å²) in [6.45, 7) is 1.60. The third-order valence-electron chi connectivity index (χ3n) is 2.27. The van der Waals surface area contributed by atoms with Gasteiger partial charge in [0.2, 0.25) is 0 Å². The Hall–Kier alpha value is -3.03. The second-order valence-corrected chi connectivity index (χ2v) is 3.75. The highest BCUT2D eigenvalue weighted by atomic mass is 16.6. The maximum absolute atomic E-state index is 10.8. The standard InChI is InChI=1S/C12H11N3O5/c1-9(8-16)3-2-6-13-11-5-4-10(14(17)18)7-12(11)15(19)20/h2-8,13H,1H3/b6-2+,9-3+. The molecule has 20 heavy (non-hydrogen) atoms. The summed E-state index contributed by atoms with van der Waals surface area (Å²) in [7, 11) is 0. The Morgan fingerprint density at radius 3 is 2.50 bits per heavy atom. The van der Waals surface area contributed by atoms with Gasteiger partial charge in [0.1, 0.15) is 12.0 Å². The van der Waals surface area contributed by atoms with Gasteiger partial charge < -0.3 is 5.32 Å². The minimum atomic E-state index is -0.713. The molecule has 0 bridgehead atoms. The van der Waals surface area contributed by atoms with Crippen LogP contribution in [0.15, 0.2) is 42.1 Å². The normalized spacial score (nSPS) is 11.3. The van der Waals surface area contributed by atoms with E-state index in [0.29, 0.717) is 11.9 Å². The maximum Gasteiger partial charge on any atom is 0.299 e. The average molecular weight is 277 g/mol. The van der Waals surface area contributed by atoms with Gasteiger partial charge in [-0.15, -0.1) is 0 Å². The van der Waals surface area contributed by atoms with Crippen LogP contribution in [0, 0.1) is 20.2 Å². The molecule has 0 aliphatic carbocycles. The highest BCUT2D eigenvalue weighted by molar-refractivity contribution is 5.72. The molecule has 1 N–H and O–H groups in total. The molecule has 0 saturated carbocycles. The van der Waals surface area contributed by atoms with Crippen molar-refractivity contribution in [3.05, 3.63) is 62.4 Å². The van der Waals surface area contributed by atoms with Gasteiger partial charge in [-0.05, 0) is 24.6 Å². The summed E-state index contributed by atoms with van der Waals surface area (Å²) in [5, 5.41) is 24.0. The van der Waals surface area contributed by atoms with Crippen molar-refractivity contribution in [3.63, 3.8) is 0 Å². The first-order valence-corrected chi connectivity index (χ1v) is 5.43. The molecule has 0 aromatic heterocycles. The van der Waals surface area contributed by atoms with Crippen LogP contribution in [-0.4, -0.2) is 16.1 Å². The zero-order valence-electron chi connectivity index (χ0n) is 10.5. The number of benzene rings is 1. The Kier molecular flexibility index (Phi) is 5.10. The molecule has 104 valence electrons. The van der Waals surface area contributed by atoms with E-state index >= 15 is 0 Å². The number of aldehydes is 1. The lowest BCUT2D eigenvalue weighted by atomic mass is 10.2. The van der Waals surface area contributed by atoms with Crippen molar-refractivity contribution in [1.29, 1.82) is 0 Å². The van der Waals surface area contributed by atoms with Crippen molar-refractivity contribution in [2.45, 2.75) is 6.92 Å². The van der Waals surface area contributed by atoms with Crippen LogP contribution < -0.4 is 5.32 Å². The van der Waals surface area contributed by atoms with E-state index in [0.717, 1.165) is 12.1 Å². The fourth-order valence-electron chi connectivity index (χ4n) is 1.28.